The first-order chi connectivity index (χ1) is 8.97. The van der Waals surface area contributed by atoms with E-state index in [9.17, 15) is 13.2 Å². The molecule has 1 rings (SSSR count). The maximum absolute atomic E-state index is 12.0. The summed E-state index contributed by atoms with van der Waals surface area (Å²) in [6, 6.07) is 0.0601. The molecule has 0 atom stereocenters. The van der Waals surface area contributed by atoms with Crippen molar-refractivity contribution in [1.82, 2.24) is 14.3 Å². The fraction of sp³-hybridized carbons (Fsp3) is 0.917. The van der Waals surface area contributed by atoms with E-state index in [-0.39, 0.29) is 18.5 Å². The minimum absolute atomic E-state index is 0.0601. The van der Waals surface area contributed by atoms with Gasteiger partial charge in [-0.25, -0.2) is 0 Å². The molecular weight excluding hydrogens is 266 g/mol. The molecular formula is C12H25N3O3S. The van der Waals surface area contributed by atoms with E-state index >= 15 is 0 Å². The summed E-state index contributed by atoms with van der Waals surface area (Å²) in [6.07, 6.45) is 5.96. The predicted molar refractivity (Wildman–Crippen MR) is 74.9 cm³/mol. The standard InChI is InChI=1S/C12H25N3O3S/c1-3-9-13-12(16)10-14-19(17,18)15(2)11-7-5-4-6-8-11/h11,14H,3-10H2,1-2H3,(H,13,16). The van der Waals surface area contributed by atoms with Crippen LogP contribution in [0.2, 0.25) is 0 Å². The molecule has 0 spiro atoms. The monoisotopic (exact) mass is 291 g/mol. The lowest BCUT2D eigenvalue weighted by Gasteiger charge is -2.30. The largest absolute Gasteiger partial charge is 0.355 e. The van der Waals surface area contributed by atoms with Gasteiger partial charge in [-0.3, -0.25) is 4.79 Å². The molecule has 0 bridgehead atoms. The van der Waals surface area contributed by atoms with Gasteiger partial charge in [0.1, 0.15) is 0 Å². The second-order valence-corrected chi connectivity index (χ2v) is 6.80. The van der Waals surface area contributed by atoms with Gasteiger partial charge in [0.2, 0.25) is 5.91 Å². The molecule has 7 heteroatoms. The molecule has 0 aromatic carbocycles. The van der Waals surface area contributed by atoms with Crippen LogP contribution >= 0.6 is 0 Å². The van der Waals surface area contributed by atoms with E-state index in [1.807, 2.05) is 6.92 Å². The van der Waals surface area contributed by atoms with Crippen molar-refractivity contribution in [1.29, 1.82) is 0 Å². The maximum Gasteiger partial charge on any atom is 0.279 e. The lowest BCUT2D eigenvalue weighted by Crippen LogP contribution is -2.47. The van der Waals surface area contributed by atoms with Gasteiger partial charge in [-0.2, -0.15) is 17.4 Å². The Bertz CT molecular complexity index is 378. The van der Waals surface area contributed by atoms with Crippen molar-refractivity contribution in [2.24, 2.45) is 0 Å². The molecule has 19 heavy (non-hydrogen) atoms. The Morgan fingerprint density at radius 2 is 1.89 bits per heavy atom. The second kappa shape index (κ2) is 7.81. The quantitative estimate of drug-likeness (QED) is 0.721. The number of nitrogens with one attached hydrogen (secondary N) is 2. The van der Waals surface area contributed by atoms with E-state index < -0.39 is 10.2 Å². The van der Waals surface area contributed by atoms with Crippen molar-refractivity contribution < 1.29 is 13.2 Å². The summed E-state index contributed by atoms with van der Waals surface area (Å²) in [5.74, 6) is -0.289. The Labute approximate surface area is 116 Å². The molecule has 1 saturated carbocycles. The van der Waals surface area contributed by atoms with Gasteiger partial charge in [0, 0.05) is 19.6 Å². The van der Waals surface area contributed by atoms with Crippen molar-refractivity contribution >= 4 is 16.1 Å². The van der Waals surface area contributed by atoms with Crippen LogP contribution in [0.1, 0.15) is 45.4 Å². The number of hydrogen-bond acceptors (Lipinski definition) is 3. The molecule has 6 nitrogen and oxygen atoms in total. The Balaban J connectivity index is 2.43. The zero-order valence-electron chi connectivity index (χ0n) is 11.8. The highest BCUT2D eigenvalue weighted by Gasteiger charge is 2.27. The molecule has 0 aromatic rings. The van der Waals surface area contributed by atoms with Crippen LogP contribution < -0.4 is 10.0 Å². The zero-order valence-corrected chi connectivity index (χ0v) is 12.6. The van der Waals surface area contributed by atoms with Gasteiger partial charge in [0.05, 0.1) is 6.54 Å². The van der Waals surface area contributed by atoms with E-state index in [0.717, 1.165) is 32.1 Å². The van der Waals surface area contributed by atoms with E-state index in [0.29, 0.717) is 6.54 Å². The molecule has 0 radical (unpaired) electrons. The Morgan fingerprint density at radius 3 is 2.47 bits per heavy atom. The molecule has 1 aliphatic rings. The van der Waals surface area contributed by atoms with Gasteiger partial charge in [-0.15, -0.1) is 0 Å². The number of rotatable bonds is 7. The number of amides is 1. The van der Waals surface area contributed by atoms with E-state index in [1.54, 1.807) is 7.05 Å². The molecule has 1 aliphatic carbocycles. The van der Waals surface area contributed by atoms with Crippen LogP contribution in [0, 0.1) is 0 Å². The van der Waals surface area contributed by atoms with Crippen molar-refractivity contribution in [2.45, 2.75) is 51.5 Å². The Morgan fingerprint density at radius 1 is 1.26 bits per heavy atom. The Kier molecular flexibility index (Phi) is 6.74. The molecule has 0 unspecified atom stereocenters. The minimum atomic E-state index is -3.56. The molecule has 0 aliphatic heterocycles. The summed E-state index contributed by atoms with van der Waals surface area (Å²) in [5, 5.41) is 2.64. The normalized spacial score (nSPS) is 17.6. The van der Waals surface area contributed by atoms with Crippen molar-refractivity contribution in [3.05, 3.63) is 0 Å². The third kappa shape index (κ3) is 5.46. The summed E-state index contributed by atoms with van der Waals surface area (Å²) in [6.45, 7) is 2.32. The summed E-state index contributed by atoms with van der Waals surface area (Å²) in [4.78, 5) is 11.4. The van der Waals surface area contributed by atoms with Gasteiger partial charge in [0.25, 0.3) is 10.2 Å². The molecule has 0 saturated heterocycles. The van der Waals surface area contributed by atoms with Crippen LogP contribution in [0.15, 0.2) is 0 Å². The summed E-state index contributed by atoms with van der Waals surface area (Å²) >= 11 is 0. The SMILES string of the molecule is CCCNC(=O)CNS(=O)(=O)N(C)C1CCCCC1. The third-order valence-electron chi connectivity index (χ3n) is 3.46. The van der Waals surface area contributed by atoms with Crippen LogP contribution in [0.5, 0.6) is 0 Å². The summed E-state index contributed by atoms with van der Waals surface area (Å²) < 4.78 is 27.8. The molecule has 0 aromatic heterocycles. The fourth-order valence-electron chi connectivity index (χ4n) is 2.23. The second-order valence-electron chi connectivity index (χ2n) is 4.98. The van der Waals surface area contributed by atoms with Crippen molar-refractivity contribution in [3.8, 4) is 0 Å². The average molecular weight is 291 g/mol. The summed E-state index contributed by atoms with van der Waals surface area (Å²) in [5.41, 5.74) is 0. The van der Waals surface area contributed by atoms with Gasteiger partial charge in [-0.05, 0) is 19.3 Å². The van der Waals surface area contributed by atoms with E-state index in [1.165, 1.54) is 10.7 Å². The van der Waals surface area contributed by atoms with Gasteiger partial charge < -0.3 is 5.32 Å². The first-order valence-electron chi connectivity index (χ1n) is 6.96. The zero-order chi connectivity index (χ0) is 14.3. The molecule has 0 heterocycles. The van der Waals surface area contributed by atoms with Crippen molar-refractivity contribution in [3.63, 3.8) is 0 Å². The number of carbonyl (C=O) groups excluding carboxylic acids is 1. The third-order valence-corrected chi connectivity index (χ3v) is 5.02. The van der Waals surface area contributed by atoms with Crippen LogP contribution in [-0.2, 0) is 15.0 Å². The van der Waals surface area contributed by atoms with Crippen LogP contribution in [0.25, 0.3) is 0 Å². The molecule has 1 fully saturated rings. The molecule has 112 valence electrons. The minimum Gasteiger partial charge on any atom is -0.355 e. The number of nitrogens with zero attached hydrogens (tertiary/aromatic N) is 1. The smallest absolute Gasteiger partial charge is 0.279 e. The highest BCUT2D eigenvalue weighted by molar-refractivity contribution is 7.87. The first-order valence-corrected chi connectivity index (χ1v) is 8.40. The Hall–Kier alpha value is -0.660. The number of carbonyl (C=O) groups is 1. The molecule has 1 amide bonds. The van der Waals surface area contributed by atoms with Crippen molar-refractivity contribution in [2.75, 3.05) is 20.1 Å². The van der Waals surface area contributed by atoms with Crippen LogP contribution in [-0.4, -0.2) is 44.8 Å². The highest BCUT2D eigenvalue weighted by Crippen LogP contribution is 2.22. The maximum atomic E-state index is 12.0. The lowest BCUT2D eigenvalue weighted by atomic mass is 9.96. The topological polar surface area (TPSA) is 78.5 Å². The van der Waals surface area contributed by atoms with Crippen LogP contribution in [0.4, 0.5) is 0 Å². The lowest BCUT2D eigenvalue weighted by molar-refractivity contribution is -0.119. The van der Waals surface area contributed by atoms with Gasteiger partial charge >= 0.3 is 0 Å². The van der Waals surface area contributed by atoms with E-state index in [4.69, 9.17) is 0 Å². The summed E-state index contributed by atoms with van der Waals surface area (Å²) in [7, 11) is -1.97. The highest BCUT2D eigenvalue weighted by atomic mass is 32.2. The van der Waals surface area contributed by atoms with E-state index in [2.05, 4.69) is 10.0 Å². The average Bonchev–Trinajstić information content (AvgIpc) is 2.43. The first kappa shape index (κ1) is 16.4. The fourth-order valence-corrected chi connectivity index (χ4v) is 3.35. The number of hydrogen-bond donors (Lipinski definition) is 2. The van der Waals surface area contributed by atoms with Gasteiger partial charge in [0.15, 0.2) is 0 Å². The van der Waals surface area contributed by atoms with Crippen LogP contribution in [0.3, 0.4) is 0 Å². The van der Waals surface area contributed by atoms with Gasteiger partial charge in [-0.1, -0.05) is 26.2 Å². The molecule has 2 N–H and O–H groups in total. The predicted octanol–water partition coefficient (Wildman–Crippen LogP) is 0.612.